The van der Waals surface area contributed by atoms with E-state index in [1.54, 1.807) is 6.92 Å². The van der Waals surface area contributed by atoms with Crippen LogP contribution in [0.2, 0.25) is 0 Å². The smallest absolute Gasteiger partial charge is 0.167 e. The second kappa shape index (κ2) is 3.56. The molecule has 0 saturated carbocycles. The van der Waals surface area contributed by atoms with E-state index in [0.29, 0.717) is 11.8 Å². The molecule has 2 aliphatic rings. The average molecular weight is 212 g/mol. The lowest BCUT2D eigenvalue weighted by molar-refractivity contribution is -0.192. The van der Waals surface area contributed by atoms with E-state index in [4.69, 9.17) is 9.47 Å². The van der Waals surface area contributed by atoms with E-state index in [1.165, 1.54) is 0 Å². The molecule has 3 nitrogen and oxygen atoms in total. The molecule has 86 valence electrons. The van der Waals surface area contributed by atoms with Crippen molar-refractivity contribution in [2.45, 2.75) is 58.5 Å². The Labute approximate surface area is 91.1 Å². The molecule has 0 spiro atoms. The highest BCUT2D eigenvalue weighted by atomic mass is 16.8. The van der Waals surface area contributed by atoms with E-state index in [0.717, 1.165) is 12.8 Å². The van der Waals surface area contributed by atoms with Gasteiger partial charge in [0.05, 0.1) is 6.10 Å². The SMILES string of the molecule is CC(=O)C1OC2(C)CCC(C(C)C)C1O2. The number of carbonyl (C=O) groups excluding carboxylic acids is 1. The van der Waals surface area contributed by atoms with Gasteiger partial charge in [-0.1, -0.05) is 13.8 Å². The molecule has 0 N–H and O–H groups in total. The third-order valence-electron chi connectivity index (χ3n) is 3.67. The molecule has 0 aromatic carbocycles. The van der Waals surface area contributed by atoms with Gasteiger partial charge in [-0.3, -0.25) is 4.79 Å². The van der Waals surface area contributed by atoms with E-state index in [-0.39, 0.29) is 18.0 Å². The Balaban J connectivity index is 2.21. The van der Waals surface area contributed by atoms with Crippen LogP contribution in [0.15, 0.2) is 0 Å². The minimum absolute atomic E-state index is 0.0266. The molecule has 0 radical (unpaired) electrons. The first-order chi connectivity index (χ1) is 6.93. The molecular formula is C12H20O3. The highest BCUT2D eigenvalue weighted by molar-refractivity contribution is 5.81. The van der Waals surface area contributed by atoms with Crippen molar-refractivity contribution in [3.63, 3.8) is 0 Å². The topological polar surface area (TPSA) is 35.5 Å². The Hall–Kier alpha value is -0.410. The summed E-state index contributed by atoms with van der Waals surface area (Å²) in [7, 11) is 0. The van der Waals surface area contributed by atoms with Crippen LogP contribution in [0.3, 0.4) is 0 Å². The van der Waals surface area contributed by atoms with Gasteiger partial charge in [0.2, 0.25) is 0 Å². The summed E-state index contributed by atoms with van der Waals surface area (Å²) >= 11 is 0. The average Bonchev–Trinajstić information content (AvgIpc) is 2.38. The number of carbonyl (C=O) groups is 1. The Morgan fingerprint density at radius 1 is 1.40 bits per heavy atom. The standard InChI is InChI=1S/C12H20O3/c1-7(2)9-5-6-12(4)14-10(8(3)13)11(9)15-12/h7,9-11H,5-6H2,1-4H3. The fourth-order valence-electron chi connectivity index (χ4n) is 2.76. The predicted octanol–water partition coefficient (Wildman–Crippen LogP) is 2.14. The fourth-order valence-corrected chi connectivity index (χ4v) is 2.76. The van der Waals surface area contributed by atoms with Crippen LogP contribution >= 0.6 is 0 Å². The minimum atomic E-state index is -0.508. The summed E-state index contributed by atoms with van der Waals surface area (Å²) in [5.74, 6) is 0.584. The molecule has 0 aromatic heterocycles. The van der Waals surface area contributed by atoms with Crippen molar-refractivity contribution in [1.82, 2.24) is 0 Å². The second-order valence-electron chi connectivity index (χ2n) is 5.31. The van der Waals surface area contributed by atoms with Crippen LogP contribution in [0.1, 0.15) is 40.5 Å². The first kappa shape index (κ1) is 11.1. The molecule has 0 amide bonds. The van der Waals surface area contributed by atoms with Crippen molar-refractivity contribution in [2.24, 2.45) is 11.8 Å². The third-order valence-corrected chi connectivity index (χ3v) is 3.67. The van der Waals surface area contributed by atoms with Crippen LogP contribution < -0.4 is 0 Å². The number of hydrogen-bond acceptors (Lipinski definition) is 3. The fraction of sp³-hybridized carbons (Fsp3) is 0.917. The lowest BCUT2D eigenvalue weighted by atomic mass is 9.81. The van der Waals surface area contributed by atoms with Crippen LogP contribution in [-0.4, -0.2) is 23.8 Å². The van der Waals surface area contributed by atoms with Crippen molar-refractivity contribution >= 4 is 5.78 Å². The van der Waals surface area contributed by atoms with Crippen molar-refractivity contribution in [1.29, 1.82) is 0 Å². The molecule has 2 aliphatic heterocycles. The zero-order valence-electron chi connectivity index (χ0n) is 9.95. The molecule has 4 atom stereocenters. The van der Waals surface area contributed by atoms with Gasteiger partial charge in [-0.05, 0) is 32.1 Å². The zero-order chi connectivity index (χ0) is 11.2. The summed E-state index contributed by atoms with van der Waals surface area (Å²) in [5.41, 5.74) is 0. The maximum absolute atomic E-state index is 11.5. The van der Waals surface area contributed by atoms with Crippen molar-refractivity contribution in [2.75, 3.05) is 0 Å². The number of rotatable bonds is 2. The quantitative estimate of drug-likeness (QED) is 0.703. The van der Waals surface area contributed by atoms with E-state index in [1.807, 2.05) is 6.92 Å². The van der Waals surface area contributed by atoms with Gasteiger partial charge in [0.1, 0.15) is 6.10 Å². The molecule has 2 rings (SSSR count). The summed E-state index contributed by atoms with van der Waals surface area (Å²) in [6.45, 7) is 7.91. The minimum Gasteiger partial charge on any atom is -0.343 e. The molecule has 4 unspecified atom stereocenters. The zero-order valence-corrected chi connectivity index (χ0v) is 9.95. The number of ketones is 1. The van der Waals surface area contributed by atoms with Crippen molar-refractivity contribution < 1.29 is 14.3 Å². The monoisotopic (exact) mass is 212 g/mol. The lowest BCUT2D eigenvalue weighted by Gasteiger charge is -2.35. The molecule has 2 heterocycles. The van der Waals surface area contributed by atoms with E-state index < -0.39 is 5.79 Å². The van der Waals surface area contributed by atoms with Gasteiger partial charge in [-0.2, -0.15) is 0 Å². The van der Waals surface area contributed by atoms with Gasteiger partial charge in [0.15, 0.2) is 11.6 Å². The second-order valence-corrected chi connectivity index (χ2v) is 5.31. The molecule has 0 aromatic rings. The summed E-state index contributed by atoms with van der Waals surface area (Å²) in [4.78, 5) is 11.5. The Morgan fingerprint density at radius 2 is 2.07 bits per heavy atom. The summed E-state index contributed by atoms with van der Waals surface area (Å²) in [6, 6.07) is 0. The van der Waals surface area contributed by atoms with Crippen LogP contribution in [0, 0.1) is 11.8 Å². The van der Waals surface area contributed by atoms with Crippen LogP contribution in [-0.2, 0) is 14.3 Å². The number of fused-ring (bicyclic) bond motifs is 2. The number of ether oxygens (including phenoxy) is 2. The molecule has 3 heteroatoms. The first-order valence-corrected chi connectivity index (χ1v) is 5.79. The summed E-state index contributed by atoms with van der Waals surface area (Å²) in [5, 5.41) is 0. The van der Waals surface area contributed by atoms with Crippen LogP contribution in [0.5, 0.6) is 0 Å². The third kappa shape index (κ3) is 1.83. The maximum atomic E-state index is 11.5. The maximum Gasteiger partial charge on any atom is 0.167 e. The molecule has 15 heavy (non-hydrogen) atoms. The van der Waals surface area contributed by atoms with E-state index in [2.05, 4.69) is 13.8 Å². The van der Waals surface area contributed by atoms with Gasteiger partial charge in [0, 0.05) is 6.42 Å². The summed E-state index contributed by atoms with van der Waals surface area (Å²) < 4.78 is 11.6. The number of hydrogen-bond donors (Lipinski definition) is 0. The van der Waals surface area contributed by atoms with Crippen molar-refractivity contribution in [3.05, 3.63) is 0 Å². The Kier molecular flexibility index (Phi) is 2.63. The van der Waals surface area contributed by atoms with Gasteiger partial charge in [-0.25, -0.2) is 0 Å². The van der Waals surface area contributed by atoms with Crippen molar-refractivity contribution in [3.8, 4) is 0 Å². The van der Waals surface area contributed by atoms with E-state index >= 15 is 0 Å². The Bertz CT molecular complexity index is 274. The normalized spacial score (nSPS) is 44.7. The van der Waals surface area contributed by atoms with E-state index in [9.17, 15) is 4.79 Å². The largest absolute Gasteiger partial charge is 0.343 e. The molecular weight excluding hydrogens is 192 g/mol. The molecule has 2 fully saturated rings. The van der Waals surface area contributed by atoms with Crippen LogP contribution in [0.4, 0.5) is 0 Å². The van der Waals surface area contributed by atoms with Gasteiger partial charge >= 0.3 is 0 Å². The first-order valence-electron chi connectivity index (χ1n) is 5.79. The lowest BCUT2D eigenvalue weighted by Crippen LogP contribution is -2.40. The molecule has 2 bridgehead atoms. The van der Waals surface area contributed by atoms with Crippen LogP contribution in [0.25, 0.3) is 0 Å². The number of Topliss-reactive ketones (excluding diaryl/α,β-unsaturated/α-hetero) is 1. The highest BCUT2D eigenvalue weighted by Crippen LogP contribution is 2.45. The summed E-state index contributed by atoms with van der Waals surface area (Å²) in [6.07, 6.45) is 1.63. The van der Waals surface area contributed by atoms with Gasteiger partial charge in [-0.15, -0.1) is 0 Å². The highest BCUT2D eigenvalue weighted by Gasteiger charge is 2.53. The predicted molar refractivity (Wildman–Crippen MR) is 56.4 cm³/mol. The Morgan fingerprint density at radius 3 is 2.60 bits per heavy atom. The van der Waals surface area contributed by atoms with Gasteiger partial charge in [0.25, 0.3) is 0 Å². The molecule has 2 saturated heterocycles. The van der Waals surface area contributed by atoms with Gasteiger partial charge < -0.3 is 9.47 Å². The molecule has 0 aliphatic carbocycles.